The van der Waals surface area contributed by atoms with Crippen LogP contribution >= 0.6 is 11.6 Å². The van der Waals surface area contributed by atoms with Crippen molar-refractivity contribution in [1.29, 1.82) is 0 Å². The first kappa shape index (κ1) is 8.97. The largest absolute Gasteiger partial charge is 0.372 e. The Kier molecular flexibility index (Phi) is 2.87. The van der Waals surface area contributed by atoms with Gasteiger partial charge in [-0.15, -0.1) is 0 Å². The highest BCUT2D eigenvalue weighted by atomic mass is 35.5. The molecule has 11 heavy (non-hydrogen) atoms. The summed E-state index contributed by atoms with van der Waals surface area (Å²) in [5, 5.41) is 2.81. The fraction of sp³-hybridized carbons (Fsp3) is 0.857. The third kappa shape index (κ3) is 2.77. The van der Waals surface area contributed by atoms with Crippen LogP contribution in [0.1, 0.15) is 13.3 Å². The summed E-state index contributed by atoms with van der Waals surface area (Å²) >= 11 is 5.25. The molecule has 1 fully saturated rings. The Morgan fingerprint density at radius 3 is 3.00 bits per heavy atom. The van der Waals surface area contributed by atoms with Gasteiger partial charge in [-0.05, 0) is 18.5 Å². The van der Waals surface area contributed by atoms with E-state index in [1.807, 2.05) is 6.92 Å². The van der Waals surface area contributed by atoms with Gasteiger partial charge in [-0.1, -0.05) is 0 Å². The standard InChI is InChI=1S/C7H12ClNO2/c1-7(4-6(8)10)5-9-2-3-11-7/h9H,2-5H2,1H3/t7-/m0/s1. The van der Waals surface area contributed by atoms with E-state index in [2.05, 4.69) is 5.32 Å². The van der Waals surface area contributed by atoms with Gasteiger partial charge in [0.2, 0.25) is 5.24 Å². The SMILES string of the molecule is C[C@]1(CC(=O)Cl)CNCCO1. The number of ether oxygens (including phenoxy) is 1. The first-order valence-electron chi connectivity index (χ1n) is 3.65. The van der Waals surface area contributed by atoms with Crippen LogP contribution in [-0.4, -0.2) is 30.5 Å². The van der Waals surface area contributed by atoms with E-state index in [4.69, 9.17) is 16.3 Å². The van der Waals surface area contributed by atoms with Gasteiger partial charge >= 0.3 is 0 Å². The fourth-order valence-corrected chi connectivity index (χ4v) is 1.46. The Morgan fingerprint density at radius 1 is 1.82 bits per heavy atom. The van der Waals surface area contributed by atoms with Crippen molar-refractivity contribution < 1.29 is 9.53 Å². The van der Waals surface area contributed by atoms with Crippen molar-refractivity contribution in [2.75, 3.05) is 19.7 Å². The highest BCUT2D eigenvalue weighted by Crippen LogP contribution is 2.17. The van der Waals surface area contributed by atoms with Crippen LogP contribution in [0.25, 0.3) is 0 Å². The molecule has 0 saturated carbocycles. The van der Waals surface area contributed by atoms with Crippen LogP contribution in [0.5, 0.6) is 0 Å². The van der Waals surface area contributed by atoms with Crippen LogP contribution in [0.15, 0.2) is 0 Å². The molecule has 0 aromatic carbocycles. The second-order valence-corrected chi connectivity index (χ2v) is 3.43. The number of halogens is 1. The molecule has 0 radical (unpaired) electrons. The molecule has 3 nitrogen and oxygen atoms in total. The molecule has 1 heterocycles. The average molecular weight is 178 g/mol. The van der Waals surface area contributed by atoms with Gasteiger partial charge in [0.1, 0.15) is 0 Å². The van der Waals surface area contributed by atoms with Crippen molar-refractivity contribution in [1.82, 2.24) is 5.32 Å². The van der Waals surface area contributed by atoms with E-state index in [9.17, 15) is 4.79 Å². The van der Waals surface area contributed by atoms with Gasteiger partial charge in [-0.2, -0.15) is 0 Å². The van der Waals surface area contributed by atoms with Crippen molar-refractivity contribution in [2.24, 2.45) is 0 Å². The summed E-state index contributed by atoms with van der Waals surface area (Å²) in [6, 6.07) is 0. The molecule has 0 unspecified atom stereocenters. The van der Waals surface area contributed by atoms with Gasteiger partial charge in [-0.3, -0.25) is 4.79 Å². The van der Waals surface area contributed by atoms with Crippen LogP contribution in [0, 0.1) is 0 Å². The van der Waals surface area contributed by atoms with E-state index < -0.39 is 5.60 Å². The first-order chi connectivity index (χ1) is 5.12. The molecule has 64 valence electrons. The smallest absolute Gasteiger partial charge is 0.224 e. The van der Waals surface area contributed by atoms with Crippen molar-refractivity contribution in [3.8, 4) is 0 Å². The molecule has 1 aliphatic rings. The summed E-state index contributed by atoms with van der Waals surface area (Å²) in [5.74, 6) is 0. The summed E-state index contributed by atoms with van der Waals surface area (Å²) in [6.07, 6.45) is 0.279. The van der Waals surface area contributed by atoms with E-state index >= 15 is 0 Å². The number of carbonyl (C=O) groups is 1. The van der Waals surface area contributed by atoms with Gasteiger partial charge in [0, 0.05) is 13.1 Å². The predicted octanol–water partition coefficient (Wildman–Crippen LogP) is 0.520. The zero-order valence-corrected chi connectivity index (χ0v) is 7.28. The molecule has 1 saturated heterocycles. The van der Waals surface area contributed by atoms with Crippen molar-refractivity contribution in [3.63, 3.8) is 0 Å². The molecule has 0 aromatic heterocycles. The van der Waals surface area contributed by atoms with Crippen molar-refractivity contribution >= 4 is 16.8 Å². The topological polar surface area (TPSA) is 38.3 Å². The molecule has 0 spiro atoms. The van der Waals surface area contributed by atoms with E-state index in [0.717, 1.165) is 6.54 Å². The Morgan fingerprint density at radius 2 is 2.55 bits per heavy atom. The molecule has 1 atom stereocenters. The number of hydrogen-bond donors (Lipinski definition) is 1. The summed E-state index contributed by atoms with van der Waals surface area (Å²) < 4.78 is 5.41. The lowest BCUT2D eigenvalue weighted by molar-refractivity contribution is -0.120. The highest BCUT2D eigenvalue weighted by molar-refractivity contribution is 6.63. The van der Waals surface area contributed by atoms with E-state index in [-0.39, 0.29) is 11.7 Å². The van der Waals surface area contributed by atoms with E-state index in [0.29, 0.717) is 13.2 Å². The van der Waals surface area contributed by atoms with Gasteiger partial charge in [0.05, 0.1) is 18.6 Å². The first-order valence-corrected chi connectivity index (χ1v) is 4.03. The number of rotatable bonds is 2. The van der Waals surface area contributed by atoms with Crippen molar-refractivity contribution in [2.45, 2.75) is 18.9 Å². The van der Waals surface area contributed by atoms with Crippen LogP contribution in [0.2, 0.25) is 0 Å². The fourth-order valence-electron chi connectivity index (χ4n) is 1.18. The Bertz CT molecular complexity index is 155. The summed E-state index contributed by atoms with van der Waals surface area (Å²) in [6.45, 7) is 4.09. The Balaban J connectivity index is 2.43. The van der Waals surface area contributed by atoms with E-state index in [1.54, 1.807) is 0 Å². The van der Waals surface area contributed by atoms with Crippen LogP contribution in [0.3, 0.4) is 0 Å². The third-order valence-electron chi connectivity index (χ3n) is 1.74. The highest BCUT2D eigenvalue weighted by Gasteiger charge is 2.29. The molecule has 0 aliphatic carbocycles. The minimum absolute atomic E-state index is 0.279. The second-order valence-electron chi connectivity index (χ2n) is 3.01. The second kappa shape index (κ2) is 3.52. The molecular formula is C7H12ClNO2. The normalized spacial score (nSPS) is 31.8. The van der Waals surface area contributed by atoms with Crippen LogP contribution < -0.4 is 5.32 Å². The third-order valence-corrected chi connectivity index (χ3v) is 1.87. The number of nitrogens with one attached hydrogen (secondary N) is 1. The number of carbonyl (C=O) groups excluding carboxylic acids is 1. The Labute approximate surface area is 71.1 Å². The maximum absolute atomic E-state index is 10.6. The summed E-state index contributed by atoms with van der Waals surface area (Å²) in [4.78, 5) is 10.6. The lowest BCUT2D eigenvalue weighted by Crippen LogP contribution is -2.48. The Hall–Kier alpha value is -0.120. The van der Waals surface area contributed by atoms with Gasteiger partial charge in [0.15, 0.2) is 0 Å². The summed E-state index contributed by atoms with van der Waals surface area (Å²) in [5.41, 5.74) is -0.392. The molecule has 0 aromatic rings. The number of hydrogen-bond acceptors (Lipinski definition) is 3. The van der Waals surface area contributed by atoms with Crippen LogP contribution in [-0.2, 0) is 9.53 Å². The molecular weight excluding hydrogens is 166 g/mol. The molecule has 1 rings (SSSR count). The zero-order chi connectivity index (χ0) is 8.32. The quantitative estimate of drug-likeness (QED) is 0.625. The predicted molar refractivity (Wildman–Crippen MR) is 42.7 cm³/mol. The minimum Gasteiger partial charge on any atom is -0.372 e. The lowest BCUT2D eigenvalue weighted by atomic mass is 10.0. The summed E-state index contributed by atoms with van der Waals surface area (Å²) in [7, 11) is 0. The monoisotopic (exact) mass is 177 g/mol. The van der Waals surface area contributed by atoms with Gasteiger partial charge < -0.3 is 10.1 Å². The lowest BCUT2D eigenvalue weighted by Gasteiger charge is -2.33. The minimum atomic E-state index is -0.392. The average Bonchev–Trinajstić information content (AvgIpc) is 1.85. The molecule has 4 heteroatoms. The van der Waals surface area contributed by atoms with Gasteiger partial charge in [-0.25, -0.2) is 0 Å². The van der Waals surface area contributed by atoms with Crippen molar-refractivity contribution in [3.05, 3.63) is 0 Å². The van der Waals surface area contributed by atoms with Gasteiger partial charge in [0.25, 0.3) is 0 Å². The zero-order valence-electron chi connectivity index (χ0n) is 6.52. The number of morpholine rings is 1. The molecule has 1 N–H and O–H groups in total. The molecule has 1 aliphatic heterocycles. The molecule has 0 bridgehead atoms. The molecule has 0 amide bonds. The van der Waals surface area contributed by atoms with E-state index in [1.165, 1.54) is 0 Å². The maximum atomic E-state index is 10.6. The van der Waals surface area contributed by atoms with Crippen LogP contribution in [0.4, 0.5) is 0 Å². The maximum Gasteiger partial charge on any atom is 0.224 e.